The normalized spacial score (nSPS) is 17.6. The van der Waals surface area contributed by atoms with Gasteiger partial charge in [-0.25, -0.2) is 15.0 Å². The number of benzene rings is 1. The second-order valence-corrected chi connectivity index (χ2v) is 9.13. The number of carbonyl (C=O) groups is 1. The molecule has 0 amide bonds. The van der Waals surface area contributed by atoms with Gasteiger partial charge in [-0.15, -0.1) is 5.10 Å². The fraction of sp³-hybridized carbons (Fsp3) is 0.333. The second-order valence-electron chi connectivity index (χ2n) is 9.13. The average Bonchev–Trinajstić information content (AvgIpc) is 3.26. The first kappa shape index (κ1) is 23.6. The van der Waals surface area contributed by atoms with Crippen molar-refractivity contribution < 1.29 is 14.6 Å². The molecule has 184 valence electrons. The molecule has 9 heteroatoms. The molecule has 0 saturated heterocycles. The van der Waals surface area contributed by atoms with Crippen LogP contribution in [0.1, 0.15) is 42.9 Å². The molecule has 0 radical (unpaired) electrons. The number of hydrogen-bond donors (Lipinski definition) is 1. The molecule has 1 aliphatic carbocycles. The Balaban J connectivity index is 1.36. The zero-order chi connectivity index (χ0) is 25.1. The van der Waals surface area contributed by atoms with Crippen LogP contribution >= 0.6 is 0 Å². The third-order valence-electron chi connectivity index (χ3n) is 6.59. The van der Waals surface area contributed by atoms with Gasteiger partial charge >= 0.3 is 5.97 Å². The third-order valence-corrected chi connectivity index (χ3v) is 6.59. The van der Waals surface area contributed by atoms with Crippen LogP contribution < -0.4 is 4.74 Å². The number of ether oxygens (including phenoxy) is 1. The summed E-state index contributed by atoms with van der Waals surface area (Å²) in [7, 11) is 1.85. The molecular weight excluding hydrogens is 456 g/mol. The van der Waals surface area contributed by atoms with Gasteiger partial charge in [-0.1, -0.05) is 35.5 Å². The van der Waals surface area contributed by atoms with Crippen molar-refractivity contribution in [3.8, 4) is 28.4 Å². The highest BCUT2D eigenvalue weighted by atomic mass is 16.5. The summed E-state index contributed by atoms with van der Waals surface area (Å²) in [5.41, 5.74) is 4.84. The monoisotopic (exact) mass is 484 g/mol. The predicted molar refractivity (Wildman–Crippen MR) is 133 cm³/mol. The zero-order valence-electron chi connectivity index (χ0n) is 20.3. The first-order chi connectivity index (χ1) is 17.5. The van der Waals surface area contributed by atoms with Gasteiger partial charge < -0.3 is 9.84 Å². The van der Waals surface area contributed by atoms with Crippen LogP contribution in [0.2, 0.25) is 0 Å². The van der Waals surface area contributed by atoms with Gasteiger partial charge in [0.15, 0.2) is 0 Å². The summed E-state index contributed by atoms with van der Waals surface area (Å²) in [6, 6.07) is 15.6. The van der Waals surface area contributed by atoms with E-state index in [0.717, 1.165) is 35.5 Å². The first-order valence-electron chi connectivity index (χ1n) is 12.1. The lowest BCUT2D eigenvalue weighted by Crippen LogP contribution is -2.29. The molecule has 0 spiro atoms. The van der Waals surface area contributed by atoms with Gasteiger partial charge in [-0.05, 0) is 50.8 Å². The zero-order valence-corrected chi connectivity index (χ0v) is 20.3. The summed E-state index contributed by atoms with van der Waals surface area (Å²) in [5, 5.41) is 17.9. The van der Waals surface area contributed by atoms with Crippen molar-refractivity contribution in [1.82, 2.24) is 29.9 Å². The van der Waals surface area contributed by atoms with E-state index in [2.05, 4.69) is 15.3 Å². The minimum Gasteiger partial charge on any atom is -0.489 e. The van der Waals surface area contributed by atoms with Crippen molar-refractivity contribution in [3.05, 3.63) is 71.9 Å². The van der Waals surface area contributed by atoms with Crippen molar-refractivity contribution in [3.63, 3.8) is 0 Å². The Morgan fingerprint density at radius 3 is 2.69 bits per heavy atom. The second kappa shape index (κ2) is 10.2. The highest BCUT2D eigenvalue weighted by Crippen LogP contribution is 2.31. The van der Waals surface area contributed by atoms with E-state index in [9.17, 15) is 9.90 Å². The summed E-state index contributed by atoms with van der Waals surface area (Å²) < 4.78 is 7.88. The number of aromatic nitrogens is 6. The topological polar surface area (TPSA) is 116 Å². The summed E-state index contributed by atoms with van der Waals surface area (Å²) in [6.45, 7) is 1.89. The van der Waals surface area contributed by atoms with E-state index in [-0.39, 0.29) is 12.0 Å². The molecule has 1 aliphatic rings. The van der Waals surface area contributed by atoms with Crippen molar-refractivity contribution in [2.24, 2.45) is 13.0 Å². The lowest BCUT2D eigenvalue weighted by molar-refractivity contribution is -0.143. The Morgan fingerprint density at radius 2 is 1.92 bits per heavy atom. The largest absolute Gasteiger partial charge is 0.489 e. The fourth-order valence-electron chi connectivity index (χ4n) is 4.64. The SMILES string of the molecule is Cc1nc(-c2nnn(C)c2Cc2nccc(-c3ccccc3)n2)ccc1O[C@H]1CCC[C@H](C(=O)O)C1. The van der Waals surface area contributed by atoms with E-state index in [1.807, 2.05) is 62.5 Å². The Bertz CT molecular complexity index is 1370. The Kier molecular flexibility index (Phi) is 6.71. The van der Waals surface area contributed by atoms with Crippen LogP contribution in [-0.2, 0) is 18.3 Å². The van der Waals surface area contributed by atoms with Crippen LogP contribution in [0.15, 0.2) is 54.7 Å². The predicted octanol–water partition coefficient (Wildman–Crippen LogP) is 4.26. The van der Waals surface area contributed by atoms with Crippen molar-refractivity contribution >= 4 is 5.97 Å². The molecule has 0 aliphatic heterocycles. The number of pyridine rings is 1. The van der Waals surface area contributed by atoms with Crippen LogP contribution in [0.4, 0.5) is 0 Å². The highest BCUT2D eigenvalue weighted by Gasteiger charge is 2.28. The van der Waals surface area contributed by atoms with Crippen LogP contribution in [0.3, 0.4) is 0 Å². The number of nitrogens with zero attached hydrogens (tertiary/aromatic N) is 6. The molecule has 2 atom stereocenters. The molecule has 4 aromatic rings. The number of rotatable bonds is 7. The smallest absolute Gasteiger partial charge is 0.306 e. The number of hydrogen-bond acceptors (Lipinski definition) is 7. The lowest BCUT2D eigenvalue weighted by Gasteiger charge is -2.27. The van der Waals surface area contributed by atoms with Gasteiger partial charge in [0.1, 0.15) is 17.3 Å². The number of carboxylic acid groups (broad SMARTS) is 1. The Hall–Kier alpha value is -4.14. The molecule has 36 heavy (non-hydrogen) atoms. The Labute approximate surface area is 209 Å². The molecule has 1 aromatic carbocycles. The van der Waals surface area contributed by atoms with Crippen molar-refractivity contribution in [2.45, 2.75) is 45.1 Å². The summed E-state index contributed by atoms with van der Waals surface area (Å²) >= 11 is 0. The summed E-state index contributed by atoms with van der Waals surface area (Å²) in [4.78, 5) is 25.3. The van der Waals surface area contributed by atoms with E-state index < -0.39 is 5.97 Å². The summed E-state index contributed by atoms with van der Waals surface area (Å²) in [6.07, 6.45) is 5.03. The number of aliphatic carboxylic acids is 1. The standard InChI is InChI=1S/C27H28N6O3/c1-17-24(36-20-10-6-9-19(15-20)27(34)35)12-11-22(29-17)26-23(33(2)32-31-26)16-25-28-14-13-21(30-25)18-7-4-3-5-8-18/h3-5,7-8,11-14,19-20H,6,9-10,15-16H2,1-2H3,(H,34,35)/t19-,20-/m0/s1. The average molecular weight is 485 g/mol. The minimum absolute atomic E-state index is 0.118. The van der Waals surface area contributed by atoms with E-state index >= 15 is 0 Å². The van der Waals surface area contributed by atoms with Gasteiger partial charge in [0.05, 0.1) is 41.2 Å². The van der Waals surface area contributed by atoms with Gasteiger partial charge in [0.2, 0.25) is 0 Å². The van der Waals surface area contributed by atoms with E-state index in [4.69, 9.17) is 14.7 Å². The fourth-order valence-corrected chi connectivity index (χ4v) is 4.64. The number of aryl methyl sites for hydroxylation is 2. The van der Waals surface area contributed by atoms with Gasteiger partial charge in [0.25, 0.3) is 0 Å². The first-order valence-corrected chi connectivity index (χ1v) is 12.1. The third kappa shape index (κ3) is 5.10. The number of carboxylic acids is 1. The molecule has 0 unspecified atom stereocenters. The van der Waals surface area contributed by atoms with Crippen LogP contribution in [0.25, 0.3) is 22.6 Å². The maximum absolute atomic E-state index is 11.4. The highest BCUT2D eigenvalue weighted by molar-refractivity contribution is 5.70. The van der Waals surface area contributed by atoms with Crippen LogP contribution in [0.5, 0.6) is 5.75 Å². The molecule has 1 saturated carbocycles. The molecule has 1 fully saturated rings. The van der Waals surface area contributed by atoms with Gasteiger partial charge in [-0.2, -0.15) is 0 Å². The maximum Gasteiger partial charge on any atom is 0.306 e. The maximum atomic E-state index is 11.4. The minimum atomic E-state index is -0.748. The Morgan fingerprint density at radius 1 is 1.08 bits per heavy atom. The quantitative estimate of drug-likeness (QED) is 0.414. The molecule has 0 bridgehead atoms. The van der Waals surface area contributed by atoms with E-state index in [1.165, 1.54) is 0 Å². The van der Waals surface area contributed by atoms with Crippen molar-refractivity contribution in [1.29, 1.82) is 0 Å². The van der Waals surface area contributed by atoms with Crippen molar-refractivity contribution in [2.75, 3.05) is 0 Å². The van der Waals surface area contributed by atoms with Gasteiger partial charge in [0, 0.05) is 18.8 Å². The van der Waals surface area contributed by atoms with Gasteiger partial charge in [-0.3, -0.25) is 9.48 Å². The molecule has 5 rings (SSSR count). The molecule has 3 heterocycles. The molecular formula is C27H28N6O3. The van der Waals surface area contributed by atoms with E-state index in [1.54, 1.807) is 10.9 Å². The molecule has 3 aromatic heterocycles. The van der Waals surface area contributed by atoms with Crippen LogP contribution in [0, 0.1) is 12.8 Å². The van der Waals surface area contributed by atoms with E-state index in [0.29, 0.717) is 42.2 Å². The molecule has 9 nitrogen and oxygen atoms in total. The summed E-state index contributed by atoms with van der Waals surface area (Å²) in [5.74, 6) is 0.243. The van der Waals surface area contributed by atoms with Crippen LogP contribution in [-0.4, -0.2) is 47.1 Å². The lowest BCUT2D eigenvalue weighted by atomic mass is 9.87. The molecule has 1 N–H and O–H groups in total.